The number of aliphatic hydroxyl groups excluding tert-OH is 1. The van der Waals surface area contributed by atoms with Crippen molar-refractivity contribution in [3.63, 3.8) is 0 Å². The number of hydrogen-bond acceptors (Lipinski definition) is 4. The summed E-state index contributed by atoms with van der Waals surface area (Å²) in [6, 6.07) is 1.95. The summed E-state index contributed by atoms with van der Waals surface area (Å²) >= 11 is 5.45. The summed E-state index contributed by atoms with van der Waals surface area (Å²) in [6.07, 6.45) is 0.280. The molecule has 0 radical (unpaired) electrons. The van der Waals surface area contributed by atoms with E-state index < -0.39 is 6.10 Å². The van der Waals surface area contributed by atoms with Crippen LogP contribution >= 0.6 is 27.7 Å². The van der Waals surface area contributed by atoms with Crippen LogP contribution in [0.2, 0.25) is 0 Å². The summed E-state index contributed by atoms with van der Waals surface area (Å²) in [5, 5.41) is 10.9. The number of rotatable bonds is 0. The average molecular weight is 331 g/mol. The van der Waals surface area contributed by atoms with Gasteiger partial charge in [0, 0.05) is 21.0 Å². The summed E-state index contributed by atoms with van der Waals surface area (Å²) in [5.41, 5.74) is 2.05. The fourth-order valence-electron chi connectivity index (χ4n) is 2.44. The van der Waals surface area contributed by atoms with Crippen molar-refractivity contribution in [3.05, 3.63) is 21.7 Å². The predicted molar refractivity (Wildman–Crippen MR) is 75.5 cm³/mol. The van der Waals surface area contributed by atoms with E-state index in [1.807, 2.05) is 17.8 Å². The molecule has 0 aromatic heterocycles. The number of benzene rings is 1. The van der Waals surface area contributed by atoms with Crippen LogP contribution in [-0.2, 0) is 5.75 Å². The van der Waals surface area contributed by atoms with Gasteiger partial charge in [0.2, 0.25) is 0 Å². The molecule has 1 aromatic carbocycles. The Kier molecular flexibility index (Phi) is 3.47. The van der Waals surface area contributed by atoms with Gasteiger partial charge in [0.1, 0.15) is 13.2 Å². The second kappa shape index (κ2) is 4.94. The Morgan fingerprint density at radius 1 is 1.39 bits per heavy atom. The fourth-order valence-corrected chi connectivity index (χ4v) is 4.27. The van der Waals surface area contributed by atoms with Gasteiger partial charge in [-0.25, -0.2) is 0 Å². The van der Waals surface area contributed by atoms with Crippen molar-refractivity contribution in [1.82, 2.24) is 0 Å². The minimum atomic E-state index is -0.474. The topological polar surface area (TPSA) is 38.7 Å². The van der Waals surface area contributed by atoms with Gasteiger partial charge in [-0.1, -0.05) is 22.9 Å². The third-order valence-electron chi connectivity index (χ3n) is 3.33. The molecule has 1 N–H and O–H groups in total. The Morgan fingerprint density at radius 3 is 3.00 bits per heavy atom. The van der Waals surface area contributed by atoms with Crippen molar-refractivity contribution >= 4 is 27.7 Å². The van der Waals surface area contributed by atoms with Crippen LogP contribution in [-0.4, -0.2) is 23.6 Å². The van der Waals surface area contributed by atoms with E-state index in [1.165, 1.54) is 0 Å². The van der Waals surface area contributed by atoms with Crippen LogP contribution in [0.1, 0.15) is 30.6 Å². The second-order valence-corrected chi connectivity index (χ2v) is 6.93. The van der Waals surface area contributed by atoms with Crippen LogP contribution in [0.5, 0.6) is 11.5 Å². The number of aliphatic hydroxyl groups is 1. The molecule has 1 unspecified atom stereocenters. The molecule has 2 aliphatic rings. The first-order valence-corrected chi connectivity index (χ1v) is 7.91. The first-order chi connectivity index (χ1) is 8.66. The highest BCUT2D eigenvalue weighted by Crippen LogP contribution is 2.47. The highest BCUT2D eigenvalue weighted by molar-refractivity contribution is 9.10. The Hall–Kier alpha value is -0.390. The van der Waals surface area contributed by atoms with E-state index in [0.29, 0.717) is 18.5 Å². The summed E-state index contributed by atoms with van der Waals surface area (Å²) < 4.78 is 12.3. The number of thioether (sulfide) groups is 1. The molecule has 98 valence electrons. The number of hydrogen-bond donors (Lipinski definition) is 1. The molecule has 0 saturated heterocycles. The molecule has 0 amide bonds. The molecular weight excluding hydrogens is 316 g/mol. The number of halogens is 1. The van der Waals surface area contributed by atoms with Crippen LogP contribution in [0, 0.1) is 0 Å². The Bertz CT molecular complexity index is 478. The smallest absolute Gasteiger partial charge is 0.167 e. The van der Waals surface area contributed by atoms with E-state index in [0.717, 1.165) is 39.3 Å². The van der Waals surface area contributed by atoms with E-state index in [2.05, 4.69) is 22.9 Å². The van der Waals surface area contributed by atoms with Crippen molar-refractivity contribution < 1.29 is 14.6 Å². The molecule has 0 spiro atoms. The normalized spacial score (nSPS) is 26.4. The first-order valence-electron chi connectivity index (χ1n) is 6.07. The lowest BCUT2D eigenvalue weighted by atomic mass is 9.98. The van der Waals surface area contributed by atoms with Crippen molar-refractivity contribution in [3.8, 4) is 11.5 Å². The van der Waals surface area contributed by atoms with E-state index in [9.17, 15) is 5.11 Å². The van der Waals surface area contributed by atoms with Gasteiger partial charge >= 0.3 is 0 Å². The van der Waals surface area contributed by atoms with E-state index >= 15 is 0 Å². The van der Waals surface area contributed by atoms with Gasteiger partial charge in [0.15, 0.2) is 11.5 Å². The highest BCUT2D eigenvalue weighted by Gasteiger charge is 2.30. The molecule has 2 aliphatic heterocycles. The van der Waals surface area contributed by atoms with Crippen molar-refractivity contribution in [2.24, 2.45) is 0 Å². The zero-order chi connectivity index (χ0) is 12.7. The van der Waals surface area contributed by atoms with Crippen LogP contribution in [0.15, 0.2) is 10.5 Å². The van der Waals surface area contributed by atoms with Gasteiger partial charge in [-0.15, -0.1) is 0 Å². The van der Waals surface area contributed by atoms with E-state index in [-0.39, 0.29) is 0 Å². The Balaban J connectivity index is 2.16. The molecule has 5 heteroatoms. The summed E-state index contributed by atoms with van der Waals surface area (Å²) in [4.78, 5) is 0. The summed E-state index contributed by atoms with van der Waals surface area (Å²) in [7, 11) is 0. The van der Waals surface area contributed by atoms with E-state index in [4.69, 9.17) is 9.47 Å². The third kappa shape index (κ3) is 2.12. The van der Waals surface area contributed by atoms with Crippen LogP contribution in [0.25, 0.3) is 0 Å². The highest BCUT2D eigenvalue weighted by atomic mass is 79.9. The van der Waals surface area contributed by atoms with Gasteiger partial charge in [-0.05, 0) is 18.1 Å². The van der Waals surface area contributed by atoms with Crippen LogP contribution in [0.3, 0.4) is 0 Å². The molecule has 1 aromatic rings. The molecule has 0 aliphatic carbocycles. The maximum absolute atomic E-state index is 10.4. The molecule has 0 saturated carbocycles. The van der Waals surface area contributed by atoms with Crippen LogP contribution in [0.4, 0.5) is 0 Å². The van der Waals surface area contributed by atoms with Crippen molar-refractivity contribution in [2.45, 2.75) is 30.5 Å². The lowest BCUT2D eigenvalue weighted by Gasteiger charge is -2.25. The molecule has 3 rings (SSSR count). The fraction of sp³-hybridized carbons (Fsp3) is 0.538. The number of fused-ring (bicyclic) bond motifs is 3. The molecular formula is C13H15BrO3S. The SMILES string of the molecule is CC1C[C@@H](O)c2c(c(Br)cc3c2OCCO3)CS1. The molecule has 2 atom stereocenters. The largest absolute Gasteiger partial charge is 0.486 e. The molecule has 0 bridgehead atoms. The first kappa shape index (κ1) is 12.6. The standard InChI is InChI=1S/C13H15BrO3S/c1-7-4-10(15)12-8(6-18-7)9(14)5-11-13(12)17-3-2-16-11/h5,7,10,15H,2-4,6H2,1H3/t7?,10-/m1/s1. The Morgan fingerprint density at radius 2 is 2.17 bits per heavy atom. The van der Waals surface area contributed by atoms with Crippen molar-refractivity contribution in [1.29, 1.82) is 0 Å². The lowest BCUT2D eigenvalue weighted by molar-refractivity contribution is 0.141. The maximum Gasteiger partial charge on any atom is 0.167 e. The molecule has 2 heterocycles. The maximum atomic E-state index is 10.4. The quantitative estimate of drug-likeness (QED) is 0.792. The van der Waals surface area contributed by atoms with Crippen molar-refractivity contribution in [2.75, 3.05) is 13.2 Å². The molecule has 3 nitrogen and oxygen atoms in total. The third-order valence-corrected chi connectivity index (χ3v) is 5.25. The lowest BCUT2D eigenvalue weighted by Crippen LogP contribution is -2.18. The Labute approximate surface area is 119 Å². The van der Waals surface area contributed by atoms with Gasteiger partial charge in [0.05, 0.1) is 6.10 Å². The predicted octanol–water partition coefficient (Wildman–Crippen LogP) is 3.28. The molecule has 18 heavy (non-hydrogen) atoms. The zero-order valence-corrected chi connectivity index (χ0v) is 12.5. The van der Waals surface area contributed by atoms with Gasteiger partial charge < -0.3 is 14.6 Å². The van der Waals surface area contributed by atoms with E-state index in [1.54, 1.807) is 0 Å². The summed E-state index contributed by atoms with van der Waals surface area (Å²) in [5.74, 6) is 2.37. The van der Waals surface area contributed by atoms with Crippen LogP contribution < -0.4 is 9.47 Å². The van der Waals surface area contributed by atoms with Gasteiger partial charge in [-0.2, -0.15) is 11.8 Å². The number of ether oxygens (including phenoxy) is 2. The average Bonchev–Trinajstić information content (AvgIpc) is 2.49. The minimum absolute atomic E-state index is 0.444. The van der Waals surface area contributed by atoms with Gasteiger partial charge in [-0.3, -0.25) is 0 Å². The second-order valence-electron chi connectivity index (χ2n) is 4.65. The molecule has 0 fully saturated rings. The zero-order valence-electron chi connectivity index (χ0n) is 10.1. The summed E-state index contributed by atoms with van der Waals surface area (Å²) in [6.45, 7) is 3.27. The monoisotopic (exact) mass is 330 g/mol. The minimum Gasteiger partial charge on any atom is -0.486 e. The van der Waals surface area contributed by atoms with Gasteiger partial charge in [0.25, 0.3) is 0 Å².